The summed E-state index contributed by atoms with van der Waals surface area (Å²) in [5.41, 5.74) is 3.81. The van der Waals surface area contributed by atoms with E-state index in [1.807, 2.05) is 56.4 Å². The number of amides is 1. The molecule has 30 heavy (non-hydrogen) atoms. The van der Waals surface area contributed by atoms with Crippen molar-refractivity contribution in [1.82, 2.24) is 15.1 Å². The number of carbonyl (C=O) groups excluding carboxylic acids is 1. The standard InChI is InChI=1S/C23H24BrN3O3/c1-16-19(14-26-27(16)2)13-25-23(28)11-5-17-4-10-22(29-3)18(12-17)15-30-21-8-6-20(24)7-9-21/h4-12,14H,13,15H2,1-3H3,(H,25,28)/b11-5+. The predicted octanol–water partition coefficient (Wildman–Crippen LogP) is 4.41. The van der Waals surface area contributed by atoms with E-state index < -0.39 is 0 Å². The van der Waals surface area contributed by atoms with Gasteiger partial charge in [-0.05, 0) is 55.0 Å². The molecular weight excluding hydrogens is 446 g/mol. The Morgan fingerprint density at radius 1 is 1.20 bits per heavy atom. The van der Waals surface area contributed by atoms with E-state index in [9.17, 15) is 4.79 Å². The molecule has 1 N–H and O–H groups in total. The molecule has 1 heterocycles. The second kappa shape index (κ2) is 10.1. The average Bonchev–Trinajstić information content (AvgIpc) is 3.08. The Morgan fingerprint density at radius 2 is 1.97 bits per heavy atom. The lowest BCUT2D eigenvalue weighted by Crippen LogP contribution is -2.20. The zero-order valence-corrected chi connectivity index (χ0v) is 18.8. The molecule has 6 nitrogen and oxygen atoms in total. The highest BCUT2D eigenvalue weighted by atomic mass is 79.9. The second-order valence-corrected chi connectivity index (χ2v) is 7.66. The lowest BCUT2D eigenvalue weighted by molar-refractivity contribution is -0.116. The molecule has 3 rings (SSSR count). The van der Waals surface area contributed by atoms with Crippen LogP contribution in [0.1, 0.15) is 22.4 Å². The number of halogens is 1. The fourth-order valence-electron chi connectivity index (χ4n) is 2.84. The first-order valence-corrected chi connectivity index (χ1v) is 10.2. The number of hydrogen-bond acceptors (Lipinski definition) is 4. The highest BCUT2D eigenvalue weighted by molar-refractivity contribution is 9.10. The molecule has 0 aliphatic heterocycles. The number of nitrogens with one attached hydrogen (secondary N) is 1. The van der Waals surface area contributed by atoms with Gasteiger partial charge in [0.15, 0.2) is 0 Å². The number of ether oxygens (including phenoxy) is 2. The van der Waals surface area contributed by atoms with Crippen molar-refractivity contribution in [3.05, 3.63) is 81.6 Å². The lowest BCUT2D eigenvalue weighted by Gasteiger charge is -2.11. The first-order valence-electron chi connectivity index (χ1n) is 9.45. The number of benzene rings is 2. The maximum absolute atomic E-state index is 12.2. The molecule has 0 bridgehead atoms. The number of methoxy groups -OCH3 is 1. The van der Waals surface area contributed by atoms with Crippen LogP contribution in [0.3, 0.4) is 0 Å². The quantitative estimate of drug-likeness (QED) is 0.496. The van der Waals surface area contributed by atoms with Crippen molar-refractivity contribution >= 4 is 27.9 Å². The molecule has 7 heteroatoms. The summed E-state index contributed by atoms with van der Waals surface area (Å²) in [4.78, 5) is 12.2. The van der Waals surface area contributed by atoms with Gasteiger partial charge in [-0.1, -0.05) is 22.0 Å². The van der Waals surface area contributed by atoms with Crippen molar-refractivity contribution in [3.8, 4) is 11.5 Å². The molecular formula is C23H24BrN3O3. The van der Waals surface area contributed by atoms with Gasteiger partial charge in [0.25, 0.3) is 0 Å². The van der Waals surface area contributed by atoms with Crippen LogP contribution in [0.2, 0.25) is 0 Å². The Balaban J connectivity index is 1.62. The zero-order valence-electron chi connectivity index (χ0n) is 17.2. The molecule has 156 valence electrons. The van der Waals surface area contributed by atoms with Crippen LogP contribution in [-0.4, -0.2) is 22.8 Å². The molecule has 0 radical (unpaired) electrons. The van der Waals surface area contributed by atoms with Crippen LogP contribution in [-0.2, 0) is 25.0 Å². The van der Waals surface area contributed by atoms with Crippen molar-refractivity contribution in [2.24, 2.45) is 7.05 Å². The molecule has 0 aliphatic carbocycles. The molecule has 0 saturated heterocycles. The number of carbonyl (C=O) groups is 1. The maximum atomic E-state index is 12.2. The van der Waals surface area contributed by atoms with Gasteiger partial charge in [-0.2, -0.15) is 5.10 Å². The summed E-state index contributed by atoms with van der Waals surface area (Å²) < 4.78 is 14.1. The number of aromatic nitrogens is 2. The molecule has 3 aromatic rings. The van der Waals surface area contributed by atoms with Crippen LogP contribution in [0.25, 0.3) is 6.08 Å². The SMILES string of the molecule is COc1ccc(/C=C/C(=O)NCc2cnn(C)c2C)cc1COc1ccc(Br)cc1. The normalized spacial score (nSPS) is 10.9. The Kier molecular flexibility index (Phi) is 7.30. The zero-order chi connectivity index (χ0) is 21.5. The van der Waals surface area contributed by atoms with Crippen molar-refractivity contribution < 1.29 is 14.3 Å². The second-order valence-electron chi connectivity index (χ2n) is 6.74. The Hall–Kier alpha value is -3.06. The minimum Gasteiger partial charge on any atom is -0.496 e. The summed E-state index contributed by atoms with van der Waals surface area (Å²) in [7, 11) is 3.50. The summed E-state index contributed by atoms with van der Waals surface area (Å²) >= 11 is 3.41. The van der Waals surface area contributed by atoms with Gasteiger partial charge in [0.1, 0.15) is 18.1 Å². The first kappa shape index (κ1) is 21.6. The van der Waals surface area contributed by atoms with Gasteiger partial charge in [0.2, 0.25) is 5.91 Å². The average molecular weight is 470 g/mol. The summed E-state index contributed by atoms with van der Waals surface area (Å²) in [5.74, 6) is 1.34. The molecule has 0 fully saturated rings. The van der Waals surface area contributed by atoms with E-state index in [1.54, 1.807) is 24.1 Å². The smallest absolute Gasteiger partial charge is 0.244 e. The first-order chi connectivity index (χ1) is 14.5. The molecule has 0 aliphatic rings. The topological polar surface area (TPSA) is 65.4 Å². The monoisotopic (exact) mass is 469 g/mol. The van der Waals surface area contributed by atoms with E-state index in [-0.39, 0.29) is 5.91 Å². The van der Waals surface area contributed by atoms with Crippen LogP contribution in [0.15, 0.2) is 59.2 Å². The van der Waals surface area contributed by atoms with Gasteiger partial charge < -0.3 is 14.8 Å². The van der Waals surface area contributed by atoms with Gasteiger partial charge >= 0.3 is 0 Å². The van der Waals surface area contributed by atoms with Crippen LogP contribution in [0.5, 0.6) is 11.5 Å². The fraction of sp³-hybridized carbons (Fsp3) is 0.217. The molecule has 0 spiro atoms. The Labute approximate surface area is 184 Å². The van der Waals surface area contributed by atoms with E-state index >= 15 is 0 Å². The van der Waals surface area contributed by atoms with E-state index in [2.05, 4.69) is 26.3 Å². The minimum atomic E-state index is -0.165. The van der Waals surface area contributed by atoms with Crippen LogP contribution < -0.4 is 14.8 Å². The van der Waals surface area contributed by atoms with E-state index in [4.69, 9.17) is 9.47 Å². The summed E-state index contributed by atoms with van der Waals surface area (Å²) in [6, 6.07) is 13.4. The Morgan fingerprint density at radius 3 is 2.63 bits per heavy atom. The summed E-state index contributed by atoms with van der Waals surface area (Å²) in [6.07, 6.45) is 5.06. The van der Waals surface area contributed by atoms with Crippen molar-refractivity contribution in [1.29, 1.82) is 0 Å². The van der Waals surface area contributed by atoms with Gasteiger partial charge in [0.05, 0.1) is 13.3 Å². The third kappa shape index (κ3) is 5.73. The van der Waals surface area contributed by atoms with Gasteiger partial charge in [0, 0.05) is 41.0 Å². The number of nitrogens with zero attached hydrogens (tertiary/aromatic N) is 2. The number of rotatable bonds is 8. The molecule has 0 saturated carbocycles. The van der Waals surface area contributed by atoms with E-state index in [0.29, 0.717) is 13.2 Å². The molecule has 1 amide bonds. The van der Waals surface area contributed by atoms with Crippen molar-refractivity contribution in [2.75, 3.05) is 7.11 Å². The highest BCUT2D eigenvalue weighted by Gasteiger charge is 2.07. The molecule has 1 aromatic heterocycles. The largest absolute Gasteiger partial charge is 0.496 e. The lowest BCUT2D eigenvalue weighted by atomic mass is 10.1. The predicted molar refractivity (Wildman–Crippen MR) is 120 cm³/mol. The van der Waals surface area contributed by atoms with Gasteiger partial charge in [-0.25, -0.2) is 0 Å². The van der Waals surface area contributed by atoms with Crippen LogP contribution in [0.4, 0.5) is 0 Å². The van der Waals surface area contributed by atoms with Crippen LogP contribution in [0, 0.1) is 6.92 Å². The van der Waals surface area contributed by atoms with E-state index in [0.717, 1.165) is 38.4 Å². The van der Waals surface area contributed by atoms with Crippen molar-refractivity contribution in [3.63, 3.8) is 0 Å². The number of hydrogen-bond donors (Lipinski definition) is 1. The van der Waals surface area contributed by atoms with Crippen molar-refractivity contribution in [2.45, 2.75) is 20.1 Å². The molecule has 0 atom stereocenters. The molecule has 0 unspecified atom stereocenters. The van der Waals surface area contributed by atoms with Gasteiger partial charge in [-0.15, -0.1) is 0 Å². The fourth-order valence-corrected chi connectivity index (χ4v) is 3.10. The highest BCUT2D eigenvalue weighted by Crippen LogP contribution is 2.23. The maximum Gasteiger partial charge on any atom is 0.244 e. The summed E-state index contributed by atoms with van der Waals surface area (Å²) in [6.45, 7) is 2.77. The minimum absolute atomic E-state index is 0.165. The van der Waals surface area contributed by atoms with Crippen LogP contribution >= 0.6 is 15.9 Å². The van der Waals surface area contributed by atoms with Gasteiger partial charge in [-0.3, -0.25) is 9.48 Å². The number of aryl methyl sites for hydroxylation is 1. The van der Waals surface area contributed by atoms with E-state index in [1.165, 1.54) is 6.08 Å². The third-order valence-corrected chi connectivity index (χ3v) is 5.26. The molecule has 2 aromatic carbocycles. The Bertz CT molecular complexity index is 1040. The summed E-state index contributed by atoms with van der Waals surface area (Å²) in [5, 5.41) is 7.06. The third-order valence-electron chi connectivity index (χ3n) is 4.73.